The SMILES string of the molecule is Cn1cnc(-n2cccn2)cc1=O. The van der Waals surface area contributed by atoms with E-state index < -0.39 is 0 Å². The first-order valence-electron chi connectivity index (χ1n) is 3.80. The van der Waals surface area contributed by atoms with E-state index in [1.54, 1.807) is 30.2 Å². The molecule has 0 aliphatic rings. The Balaban J connectivity index is 2.55. The van der Waals surface area contributed by atoms with E-state index >= 15 is 0 Å². The van der Waals surface area contributed by atoms with Crippen LogP contribution >= 0.6 is 0 Å². The first kappa shape index (κ1) is 7.72. The van der Waals surface area contributed by atoms with Crippen LogP contribution in [0.4, 0.5) is 0 Å². The zero-order valence-electron chi connectivity index (χ0n) is 7.08. The van der Waals surface area contributed by atoms with E-state index in [1.807, 2.05) is 0 Å². The predicted octanol–water partition coefficient (Wildman–Crippen LogP) is -0.0340. The van der Waals surface area contributed by atoms with Gasteiger partial charge < -0.3 is 4.57 Å². The summed E-state index contributed by atoms with van der Waals surface area (Å²) < 4.78 is 2.95. The van der Waals surface area contributed by atoms with Gasteiger partial charge in [-0.05, 0) is 6.07 Å². The summed E-state index contributed by atoms with van der Waals surface area (Å²) in [7, 11) is 1.65. The summed E-state index contributed by atoms with van der Waals surface area (Å²) in [5.41, 5.74) is -0.0968. The Morgan fingerprint density at radius 2 is 2.31 bits per heavy atom. The number of hydrogen-bond acceptors (Lipinski definition) is 3. The summed E-state index contributed by atoms with van der Waals surface area (Å²) in [5.74, 6) is 0.535. The largest absolute Gasteiger partial charge is 0.302 e. The summed E-state index contributed by atoms with van der Waals surface area (Å²) in [6.07, 6.45) is 4.85. The minimum Gasteiger partial charge on any atom is -0.302 e. The topological polar surface area (TPSA) is 52.7 Å². The maximum atomic E-state index is 11.2. The second-order valence-corrected chi connectivity index (χ2v) is 2.65. The standard InChI is InChI=1S/C8H8N4O/c1-11-6-9-7(5-8(11)13)12-4-2-3-10-12/h2-6H,1H3. The number of hydrogen-bond donors (Lipinski definition) is 0. The molecule has 0 fully saturated rings. The Morgan fingerprint density at radius 1 is 1.46 bits per heavy atom. The van der Waals surface area contributed by atoms with Gasteiger partial charge in [-0.3, -0.25) is 4.79 Å². The van der Waals surface area contributed by atoms with Crippen molar-refractivity contribution >= 4 is 0 Å². The van der Waals surface area contributed by atoms with Crippen molar-refractivity contribution in [3.63, 3.8) is 0 Å². The molecule has 0 unspecified atom stereocenters. The fourth-order valence-corrected chi connectivity index (χ4v) is 0.982. The molecular formula is C8H8N4O. The average molecular weight is 176 g/mol. The molecular weight excluding hydrogens is 168 g/mol. The van der Waals surface area contributed by atoms with E-state index in [0.717, 1.165) is 0 Å². The van der Waals surface area contributed by atoms with Crippen LogP contribution in [0.1, 0.15) is 0 Å². The van der Waals surface area contributed by atoms with Gasteiger partial charge in [-0.1, -0.05) is 0 Å². The van der Waals surface area contributed by atoms with Crippen molar-refractivity contribution in [1.82, 2.24) is 19.3 Å². The molecule has 0 saturated heterocycles. The maximum absolute atomic E-state index is 11.2. The second kappa shape index (κ2) is 2.85. The monoisotopic (exact) mass is 176 g/mol. The van der Waals surface area contributed by atoms with Crippen LogP contribution in [-0.4, -0.2) is 19.3 Å². The van der Waals surface area contributed by atoms with Gasteiger partial charge in [0.2, 0.25) is 0 Å². The predicted molar refractivity (Wildman–Crippen MR) is 46.6 cm³/mol. The number of rotatable bonds is 1. The number of aromatic nitrogens is 4. The van der Waals surface area contributed by atoms with Gasteiger partial charge in [0.1, 0.15) is 0 Å². The van der Waals surface area contributed by atoms with E-state index in [0.29, 0.717) is 5.82 Å². The molecule has 0 spiro atoms. The Bertz CT molecular complexity index is 457. The highest BCUT2D eigenvalue weighted by Crippen LogP contribution is 1.95. The third-order valence-corrected chi connectivity index (χ3v) is 1.70. The minimum atomic E-state index is -0.0968. The first-order chi connectivity index (χ1) is 6.27. The molecule has 0 N–H and O–H groups in total. The van der Waals surface area contributed by atoms with Gasteiger partial charge in [-0.25, -0.2) is 9.67 Å². The molecule has 5 heteroatoms. The molecule has 0 atom stereocenters. The van der Waals surface area contributed by atoms with Gasteiger partial charge >= 0.3 is 0 Å². The molecule has 5 nitrogen and oxygen atoms in total. The fourth-order valence-electron chi connectivity index (χ4n) is 0.982. The number of nitrogens with zero attached hydrogens (tertiary/aromatic N) is 4. The van der Waals surface area contributed by atoms with Crippen LogP contribution in [0.3, 0.4) is 0 Å². The molecule has 0 radical (unpaired) electrons. The zero-order chi connectivity index (χ0) is 9.26. The van der Waals surface area contributed by atoms with Crippen LogP contribution in [0, 0.1) is 0 Å². The van der Waals surface area contributed by atoms with Gasteiger partial charge in [-0.15, -0.1) is 0 Å². The average Bonchev–Trinajstić information content (AvgIpc) is 2.62. The van der Waals surface area contributed by atoms with E-state index in [2.05, 4.69) is 10.1 Å². The van der Waals surface area contributed by atoms with Gasteiger partial charge in [-0.2, -0.15) is 5.10 Å². The fraction of sp³-hybridized carbons (Fsp3) is 0.125. The van der Waals surface area contributed by atoms with Crippen LogP contribution < -0.4 is 5.56 Å². The Hall–Kier alpha value is -1.91. The highest BCUT2D eigenvalue weighted by Gasteiger charge is 1.98. The van der Waals surface area contributed by atoms with E-state index in [-0.39, 0.29) is 5.56 Å². The highest BCUT2D eigenvalue weighted by atomic mass is 16.1. The summed E-state index contributed by atoms with van der Waals surface area (Å²) in [6.45, 7) is 0. The summed E-state index contributed by atoms with van der Waals surface area (Å²) in [6, 6.07) is 3.21. The maximum Gasteiger partial charge on any atom is 0.255 e. The minimum absolute atomic E-state index is 0.0968. The normalized spacial score (nSPS) is 10.2. The molecule has 0 aliphatic carbocycles. The molecule has 66 valence electrons. The molecule has 0 aromatic carbocycles. The Morgan fingerprint density at radius 3 is 2.92 bits per heavy atom. The molecule has 0 saturated carbocycles. The van der Waals surface area contributed by atoms with Crippen molar-refractivity contribution in [3.05, 3.63) is 41.2 Å². The van der Waals surface area contributed by atoms with Crippen LogP contribution in [0.15, 0.2) is 35.6 Å². The smallest absolute Gasteiger partial charge is 0.255 e. The van der Waals surface area contributed by atoms with Gasteiger partial charge in [0.05, 0.1) is 6.33 Å². The Labute approximate surface area is 74.3 Å². The second-order valence-electron chi connectivity index (χ2n) is 2.65. The third kappa shape index (κ3) is 1.35. The van der Waals surface area contributed by atoms with Crippen molar-refractivity contribution in [2.24, 2.45) is 7.05 Å². The lowest BCUT2D eigenvalue weighted by atomic mass is 10.5. The van der Waals surface area contributed by atoms with Crippen LogP contribution in [-0.2, 0) is 7.05 Å². The summed E-state index contributed by atoms with van der Waals surface area (Å²) >= 11 is 0. The molecule has 13 heavy (non-hydrogen) atoms. The van der Waals surface area contributed by atoms with Crippen molar-refractivity contribution in [2.75, 3.05) is 0 Å². The molecule has 0 amide bonds. The molecule has 2 aromatic rings. The van der Waals surface area contributed by atoms with Crippen molar-refractivity contribution in [2.45, 2.75) is 0 Å². The van der Waals surface area contributed by atoms with Gasteiger partial charge in [0, 0.05) is 25.5 Å². The van der Waals surface area contributed by atoms with Gasteiger partial charge in [0.15, 0.2) is 5.82 Å². The lowest BCUT2D eigenvalue weighted by Gasteiger charge is -1.99. The lowest BCUT2D eigenvalue weighted by molar-refractivity contribution is 0.776. The number of aryl methyl sites for hydroxylation is 1. The van der Waals surface area contributed by atoms with E-state index in [1.165, 1.54) is 17.0 Å². The molecule has 2 heterocycles. The van der Waals surface area contributed by atoms with Crippen LogP contribution in [0.25, 0.3) is 5.82 Å². The molecule has 2 aromatic heterocycles. The molecule has 2 rings (SSSR count). The summed E-state index contributed by atoms with van der Waals surface area (Å²) in [4.78, 5) is 15.3. The van der Waals surface area contributed by atoms with Crippen molar-refractivity contribution in [1.29, 1.82) is 0 Å². The van der Waals surface area contributed by atoms with Crippen molar-refractivity contribution in [3.8, 4) is 5.82 Å². The highest BCUT2D eigenvalue weighted by molar-refractivity contribution is 5.17. The Kier molecular flexibility index (Phi) is 1.70. The summed E-state index contributed by atoms with van der Waals surface area (Å²) in [5, 5.41) is 3.96. The first-order valence-corrected chi connectivity index (χ1v) is 3.80. The van der Waals surface area contributed by atoms with Crippen LogP contribution in [0.5, 0.6) is 0 Å². The zero-order valence-corrected chi connectivity index (χ0v) is 7.08. The molecule has 0 bridgehead atoms. The van der Waals surface area contributed by atoms with Gasteiger partial charge in [0.25, 0.3) is 5.56 Å². The van der Waals surface area contributed by atoms with Crippen molar-refractivity contribution < 1.29 is 0 Å². The van der Waals surface area contributed by atoms with E-state index in [9.17, 15) is 4.79 Å². The lowest BCUT2D eigenvalue weighted by Crippen LogP contribution is -2.17. The van der Waals surface area contributed by atoms with Crippen LogP contribution in [0.2, 0.25) is 0 Å². The quantitative estimate of drug-likeness (QED) is 0.613. The third-order valence-electron chi connectivity index (χ3n) is 1.70. The van der Waals surface area contributed by atoms with E-state index in [4.69, 9.17) is 0 Å². The molecule has 0 aliphatic heterocycles.